The number of hydrogen-bond donors (Lipinski definition) is 1. The SMILES string of the molecule is O=C(Cc1ccc(Cl)cc1)N/N=C\c1ccccc1[N+](=O)[O-]. The number of amides is 1. The van der Waals surface area contributed by atoms with E-state index in [0.717, 1.165) is 5.56 Å². The van der Waals surface area contributed by atoms with Gasteiger partial charge < -0.3 is 0 Å². The molecule has 0 spiro atoms. The molecule has 1 N–H and O–H groups in total. The predicted octanol–water partition coefficient (Wildman–Crippen LogP) is 2.94. The number of hydrogen-bond acceptors (Lipinski definition) is 4. The molecule has 0 saturated carbocycles. The highest BCUT2D eigenvalue weighted by molar-refractivity contribution is 6.30. The number of nitro groups is 1. The van der Waals surface area contributed by atoms with Crippen LogP contribution < -0.4 is 5.43 Å². The molecule has 0 fully saturated rings. The first kappa shape index (κ1) is 15.7. The summed E-state index contributed by atoms with van der Waals surface area (Å²) in [4.78, 5) is 22.0. The van der Waals surface area contributed by atoms with Crippen LogP contribution in [0, 0.1) is 10.1 Å². The molecule has 22 heavy (non-hydrogen) atoms. The Morgan fingerprint density at radius 2 is 1.91 bits per heavy atom. The zero-order chi connectivity index (χ0) is 15.9. The minimum atomic E-state index is -0.503. The van der Waals surface area contributed by atoms with Gasteiger partial charge >= 0.3 is 0 Å². The summed E-state index contributed by atoms with van der Waals surface area (Å²) in [6.07, 6.45) is 1.39. The van der Waals surface area contributed by atoms with Crippen molar-refractivity contribution in [1.29, 1.82) is 0 Å². The number of nitrogens with zero attached hydrogens (tertiary/aromatic N) is 2. The van der Waals surface area contributed by atoms with E-state index >= 15 is 0 Å². The topological polar surface area (TPSA) is 84.6 Å². The van der Waals surface area contributed by atoms with Crippen LogP contribution in [0.5, 0.6) is 0 Å². The lowest BCUT2D eigenvalue weighted by Crippen LogP contribution is -2.19. The molecule has 0 aliphatic carbocycles. The smallest absolute Gasteiger partial charge is 0.273 e. The van der Waals surface area contributed by atoms with Crippen LogP contribution in [-0.2, 0) is 11.2 Å². The molecule has 0 radical (unpaired) electrons. The van der Waals surface area contributed by atoms with Crippen LogP contribution in [0.1, 0.15) is 11.1 Å². The van der Waals surface area contributed by atoms with Crippen molar-refractivity contribution in [2.45, 2.75) is 6.42 Å². The Hall–Kier alpha value is -2.73. The molecule has 0 bridgehead atoms. The highest BCUT2D eigenvalue weighted by atomic mass is 35.5. The molecule has 112 valence electrons. The molecular formula is C15H12ClN3O3. The Morgan fingerprint density at radius 1 is 1.23 bits per heavy atom. The Kier molecular flexibility index (Phi) is 5.21. The molecule has 2 aromatic carbocycles. The van der Waals surface area contributed by atoms with Crippen molar-refractivity contribution in [1.82, 2.24) is 5.43 Å². The molecule has 0 aliphatic rings. The molecule has 0 unspecified atom stereocenters. The van der Waals surface area contributed by atoms with Gasteiger partial charge in [-0.15, -0.1) is 0 Å². The molecule has 2 aromatic rings. The van der Waals surface area contributed by atoms with Gasteiger partial charge in [-0.25, -0.2) is 5.43 Å². The predicted molar refractivity (Wildman–Crippen MR) is 84.0 cm³/mol. The number of hydrazone groups is 1. The van der Waals surface area contributed by atoms with Crippen LogP contribution >= 0.6 is 11.6 Å². The van der Waals surface area contributed by atoms with E-state index in [4.69, 9.17) is 11.6 Å². The van der Waals surface area contributed by atoms with Gasteiger partial charge in [-0.3, -0.25) is 14.9 Å². The normalized spacial score (nSPS) is 10.6. The Bertz CT molecular complexity index is 714. The molecule has 2 rings (SSSR count). The summed E-state index contributed by atoms with van der Waals surface area (Å²) >= 11 is 5.76. The van der Waals surface area contributed by atoms with Crippen molar-refractivity contribution in [3.8, 4) is 0 Å². The number of carbonyl (C=O) groups is 1. The highest BCUT2D eigenvalue weighted by Gasteiger charge is 2.10. The summed E-state index contributed by atoms with van der Waals surface area (Å²) in [5, 5.41) is 15.2. The van der Waals surface area contributed by atoms with Crippen LogP contribution in [0.25, 0.3) is 0 Å². The fourth-order valence-corrected chi connectivity index (χ4v) is 1.89. The molecule has 0 aliphatic heterocycles. The number of carbonyl (C=O) groups excluding carboxylic acids is 1. The van der Waals surface area contributed by atoms with Crippen LogP contribution in [0.3, 0.4) is 0 Å². The summed E-state index contributed by atoms with van der Waals surface area (Å²) < 4.78 is 0. The Morgan fingerprint density at radius 3 is 2.59 bits per heavy atom. The summed E-state index contributed by atoms with van der Waals surface area (Å²) in [7, 11) is 0. The van der Waals surface area contributed by atoms with E-state index in [1.165, 1.54) is 12.3 Å². The first-order valence-corrected chi connectivity index (χ1v) is 6.74. The van der Waals surface area contributed by atoms with E-state index < -0.39 is 4.92 Å². The number of benzene rings is 2. The molecule has 7 heteroatoms. The molecular weight excluding hydrogens is 306 g/mol. The van der Waals surface area contributed by atoms with Crippen LogP contribution in [0.4, 0.5) is 5.69 Å². The minimum absolute atomic E-state index is 0.0711. The first-order valence-electron chi connectivity index (χ1n) is 6.36. The second-order valence-corrected chi connectivity index (χ2v) is 4.85. The van der Waals surface area contributed by atoms with Crippen molar-refractivity contribution >= 4 is 29.4 Å². The first-order chi connectivity index (χ1) is 10.6. The quantitative estimate of drug-likeness (QED) is 0.522. The van der Waals surface area contributed by atoms with E-state index in [1.807, 2.05) is 0 Å². The third-order valence-electron chi connectivity index (χ3n) is 2.80. The highest BCUT2D eigenvalue weighted by Crippen LogP contribution is 2.15. The van der Waals surface area contributed by atoms with Gasteiger partial charge in [-0.1, -0.05) is 35.9 Å². The zero-order valence-electron chi connectivity index (χ0n) is 11.4. The third-order valence-corrected chi connectivity index (χ3v) is 3.06. The van der Waals surface area contributed by atoms with E-state index in [9.17, 15) is 14.9 Å². The fraction of sp³-hybridized carbons (Fsp3) is 0.0667. The summed E-state index contributed by atoms with van der Waals surface area (Å²) in [5.74, 6) is -0.322. The van der Waals surface area contributed by atoms with E-state index in [1.54, 1.807) is 42.5 Å². The Labute approximate surface area is 131 Å². The van der Waals surface area contributed by atoms with Crippen molar-refractivity contribution in [3.05, 3.63) is 74.8 Å². The lowest BCUT2D eigenvalue weighted by Gasteiger charge is -2.01. The van der Waals surface area contributed by atoms with E-state index in [2.05, 4.69) is 10.5 Å². The average Bonchev–Trinajstić information content (AvgIpc) is 2.50. The van der Waals surface area contributed by atoms with Crippen molar-refractivity contribution < 1.29 is 9.72 Å². The van der Waals surface area contributed by atoms with Gasteiger partial charge in [0.2, 0.25) is 5.91 Å². The van der Waals surface area contributed by atoms with Gasteiger partial charge in [0, 0.05) is 11.1 Å². The zero-order valence-corrected chi connectivity index (χ0v) is 12.2. The molecule has 6 nitrogen and oxygen atoms in total. The molecule has 1 amide bonds. The Balaban J connectivity index is 1.96. The van der Waals surface area contributed by atoms with Crippen molar-refractivity contribution in [2.75, 3.05) is 0 Å². The molecule has 0 atom stereocenters. The van der Waals surface area contributed by atoms with Crippen LogP contribution in [-0.4, -0.2) is 17.0 Å². The monoisotopic (exact) mass is 317 g/mol. The van der Waals surface area contributed by atoms with Crippen LogP contribution in [0.15, 0.2) is 53.6 Å². The van der Waals surface area contributed by atoms with Gasteiger partial charge in [-0.05, 0) is 23.8 Å². The number of nitro benzene ring substituents is 1. The molecule has 0 heterocycles. The van der Waals surface area contributed by atoms with E-state index in [0.29, 0.717) is 10.6 Å². The maximum absolute atomic E-state index is 11.7. The number of rotatable bonds is 5. The average molecular weight is 318 g/mol. The van der Waals surface area contributed by atoms with Crippen molar-refractivity contribution in [2.24, 2.45) is 5.10 Å². The lowest BCUT2D eigenvalue weighted by molar-refractivity contribution is -0.385. The van der Waals surface area contributed by atoms with Gasteiger partial charge in [0.1, 0.15) is 0 Å². The second-order valence-electron chi connectivity index (χ2n) is 4.41. The van der Waals surface area contributed by atoms with Gasteiger partial charge in [0.15, 0.2) is 0 Å². The third kappa shape index (κ3) is 4.39. The van der Waals surface area contributed by atoms with Crippen molar-refractivity contribution in [3.63, 3.8) is 0 Å². The minimum Gasteiger partial charge on any atom is -0.273 e. The van der Waals surface area contributed by atoms with Gasteiger partial charge in [0.25, 0.3) is 5.69 Å². The van der Waals surface area contributed by atoms with E-state index in [-0.39, 0.29) is 18.0 Å². The maximum atomic E-state index is 11.7. The van der Waals surface area contributed by atoms with Crippen LogP contribution in [0.2, 0.25) is 5.02 Å². The van der Waals surface area contributed by atoms with Gasteiger partial charge in [0.05, 0.1) is 23.1 Å². The number of nitrogens with one attached hydrogen (secondary N) is 1. The largest absolute Gasteiger partial charge is 0.278 e. The fourth-order valence-electron chi connectivity index (χ4n) is 1.76. The molecule has 0 aromatic heterocycles. The maximum Gasteiger partial charge on any atom is 0.278 e. The number of halogens is 1. The summed E-state index contributed by atoms with van der Waals surface area (Å²) in [5.41, 5.74) is 3.38. The summed E-state index contributed by atoms with van der Waals surface area (Å²) in [6, 6.07) is 13.0. The molecule has 0 saturated heterocycles. The second kappa shape index (κ2) is 7.33. The lowest BCUT2D eigenvalue weighted by atomic mass is 10.1. The van der Waals surface area contributed by atoms with Gasteiger partial charge in [-0.2, -0.15) is 5.10 Å². The standard InChI is InChI=1S/C15H12ClN3O3/c16-13-7-5-11(6-8-13)9-15(20)18-17-10-12-3-1-2-4-14(12)19(21)22/h1-8,10H,9H2,(H,18,20)/b17-10-. The number of para-hydroxylation sites is 1. The summed E-state index contributed by atoms with van der Waals surface area (Å²) in [6.45, 7) is 0.